The van der Waals surface area contributed by atoms with Gasteiger partial charge in [0.15, 0.2) is 0 Å². The Morgan fingerprint density at radius 1 is 1.04 bits per heavy atom. The minimum absolute atomic E-state index is 0.0935. The minimum atomic E-state index is -0.109. The molecular formula is C20H25NO3. The summed E-state index contributed by atoms with van der Waals surface area (Å²) in [4.78, 5) is 12.3. The topological polar surface area (TPSA) is 47.6 Å². The Morgan fingerprint density at radius 2 is 1.75 bits per heavy atom. The molecule has 0 saturated heterocycles. The van der Waals surface area contributed by atoms with Crippen LogP contribution in [0.25, 0.3) is 0 Å². The van der Waals surface area contributed by atoms with Gasteiger partial charge in [0.1, 0.15) is 18.1 Å². The molecule has 4 heteroatoms. The van der Waals surface area contributed by atoms with Crippen LogP contribution >= 0.6 is 0 Å². The van der Waals surface area contributed by atoms with Crippen LogP contribution in [0, 0.1) is 13.8 Å². The lowest BCUT2D eigenvalue weighted by atomic mass is 10.1. The maximum Gasteiger partial charge on any atom is 0.251 e. The molecule has 0 bridgehead atoms. The number of para-hydroxylation sites is 1. The fraction of sp³-hybridized carbons (Fsp3) is 0.350. The number of carbonyl (C=O) groups is 1. The number of benzene rings is 2. The summed E-state index contributed by atoms with van der Waals surface area (Å²) in [6, 6.07) is 13.2. The Hall–Kier alpha value is -2.49. The second-order valence-electron chi connectivity index (χ2n) is 5.86. The van der Waals surface area contributed by atoms with E-state index in [0.717, 1.165) is 22.6 Å². The van der Waals surface area contributed by atoms with Gasteiger partial charge in [-0.3, -0.25) is 4.79 Å². The van der Waals surface area contributed by atoms with Crippen molar-refractivity contribution < 1.29 is 14.3 Å². The third-order valence-electron chi connectivity index (χ3n) is 3.70. The summed E-state index contributed by atoms with van der Waals surface area (Å²) < 4.78 is 11.3. The zero-order chi connectivity index (χ0) is 17.5. The number of ether oxygens (including phenoxy) is 2. The minimum Gasteiger partial charge on any atom is -0.494 e. The Kier molecular flexibility index (Phi) is 6.24. The molecular weight excluding hydrogens is 302 g/mol. The average Bonchev–Trinajstić information content (AvgIpc) is 2.56. The Bertz CT molecular complexity index is 697. The summed E-state index contributed by atoms with van der Waals surface area (Å²) in [5, 5.41) is 2.96. The first-order chi connectivity index (χ1) is 11.5. The lowest BCUT2D eigenvalue weighted by Gasteiger charge is -2.16. The average molecular weight is 327 g/mol. The van der Waals surface area contributed by atoms with E-state index in [1.807, 2.05) is 64.1 Å². The van der Waals surface area contributed by atoms with Gasteiger partial charge in [0, 0.05) is 5.56 Å². The Labute approximate surface area is 143 Å². The van der Waals surface area contributed by atoms with Crippen molar-refractivity contribution in [2.45, 2.75) is 33.7 Å². The molecule has 0 fully saturated rings. The van der Waals surface area contributed by atoms with Crippen molar-refractivity contribution in [3.8, 4) is 11.5 Å². The van der Waals surface area contributed by atoms with E-state index in [2.05, 4.69) is 5.32 Å². The number of carbonyl (C=O) groups excluding carboxylic acids is 1. The third-order valence-corrected chi connectivity index (χ3v) is 3.70. The number of aryl methyl sites for hydroxylation is 2. The molecule has 128 valence electrons. The van der Waals surface area contributed by atoms with Crippen LogP contribution < -0.4 is 14.8 Å². The van der Waals surface area contributed by atoms with Crippen LogP contribution in [-0.2, 0) is 0 Å². The summed E-state index contributed by atoms with van der Waals surface area (Å²) >= 11 is 0. The second kappa shape index (κ2) is 8.39. The Balaban J connectivity index is 1.91. The smallest absolute Gasteiger partial charge is 0.251 e. The predicted octanol–water partition coefficient (Wildman–Crippen LogP) is 3.90. The van der Waals surface area contributed by atoms with Crippen molar-refractivity contribution in [1.29, 1.82) is 0 Å². The van der Waals surface area contributed by atoms with Crippen molar-refractivity contribution in [3.63, 3.8) is 0 Å². The first-order valence-electron chi connectivity index (χ1n) is 8.24. The fourth-order valence-electron chi connectivity index (χ4n) is 2.39. The summed E-state index contributed by atoms with van der Waals surface area (Å²) in [6.45, 7) is 8.84. The van der Waals surface area contributed by atoms with Crippen LogP contribution in [0.4, 0.5) is 0 Å². The van der Waals surface area contributed by atoms with Gasteiger partial charge in [-0.2, -0.15) is 0 Å². The molecule has 0 saturated carbocycles. The maximum absolute atomic E-state index is 12.3. The SMILES string of the molecule is CCOc1ccc(C(=O)N[C@@H](C)COc2ccccc2C)cc1C. The lowest BCUT2D eigenvalue weighted by Crippen LogP contribution is -2.36. The maximum atomic E-state index is 12.3. The zero-order valence-electron chi connectivity index (χ0n) is 14.8. The van der Waals surface area contributed by atoms with Gasteiger partial charge in [-0.1, -0.05) is 18.2 Å². The van der Waals surface area contributed by atoms with E-state index in [1.165, 1.54) is 0 Å². The molecule has 1 N–H and O–H groups in total. The number of nitrogens with one attached hydrogen (secondary N) is 1. The summed E-state index contributed by atoms with van der Waals surface area (Å²) in [7, 11) is 0. The van der Waals surface area contributed by atoms with Crippen LogP contribution in [0.5, 0.6) is 11.5 Å². The molecule has 2 rings (SSSR count). The lowest BCUT2D eigenvalue weighted by molar-refractivity contribution is 0.0926. The molecule has 2 aromatic carbocycles. The zero-order valence-corrected chi connectivity index (χ0v) is 14.8. The third kappa shape index (κ3) is 4.75. The van der Waals surface area contributed by atoms with Crippen molar-refractivity contribution in [1.82, 2.24) is 5.32 Å². The molecule has 0 heterocycles. The van der Waals surface area contributed by atoms with Gasteiger partial charge in [-0.15, -0.1) is 0 Å². The van der Waals surface area contributed by atoms with Crippen molar-refractivity contribution >= 4 is 5.91 Å². The number of hydrogen-bond acceptors (Lipinski definition) is 3. The van der Waals surface area contributed by atoms with Crippen LogP contribution in [-0.4, -0.2) is 25.2 Å². The summed E-state index contributed by atoms with van der Waals surface area (Å²) in [5.74, 6) is 1.54. The van der Waals surface area contributed by atoms with Crippen molar-refractivity contribution in [2.24, 2.45) is 0 Å². The first kappa shape index (κ1) is 17.9. The largest absolute Gasteiger partial charge is 0.494 e. The van der Waals surface area contributed by atoms with E-state index in [1.54, 1.807) is 6.07 Å². The van der Waals surface area contributed by atoms with E-state index >= 15 is 0 Å². The molecule has 0 aromatic heterocycles. The van der Waals surface area contributed by atoms with Gasteiger partial charge < -0.3 is 14.8 Å². The quantitative estimate of drug-likeness (QED) is 0.839. The van der Waals surface area contributed by atoms with Crippen LogP contribution in [0.15, 0.2) is 42.5 Å². The van der Waals surface area contributed by atoms with E-state index in [-0.39, 0.29) is 11.9 Å². The number of hydrogen-bond donors (Lipinski definition) is 1. The van der Waals surface area contributed by atoms with Crippen molar-refractivity contribution in [3.05, 3.63) is 59.2 Å². The highest BCUT2D eigenvalue weighted by Crippen LogP contribution is 2.19. The van der Waals surface area contributed by atoms with Gasteiger partial charge in [-0.25, -0.2) is 0 Å². The summed E-state index contributed by atoms with van der Waals surface area (Å²) in [5.41, 5.74) is 2.66. The molecule has 2 aromatic rings. The van der Waals surface area contributed by atoms with Gasteiger partial charge in [0.05, 0.1) is 12.6 Å². The van der Waals surface area contributed by atoms with E-state index in [0.29, 0.717) is 18.8 Å². The molecule has 24 heavy (non-hydrogen) atoms. The molecule has 0 aliphatic rings. The fourth-order valence-corrected chi connectivity index (χ4v) is 2.39. The van der Waals surface area contributed by atoms with E-state index < -0.39 is 0 Å². The van der Waals surface area contributed by atoms with Gasteiger partial charge in [0.2, 0.25) is 0 Å². The molecule has 0 unspecified atom stereocenters. The standard InChI is InChI=1S/C20H25NO3/c1-5-23-19-11-10-17(12-15(19)3)20(22)21-16(4)13-24-18-9-7-6-8-14(18)2/h6-12,16H,5,13H2,1-4H3,(H,21,22)/t16-/m0/s1. The second-order valence-corrected chi connectivity index (χ2v) is 5.86. The molecule has 0 radical (unpaired) electrons. The highest BCUT2D eigenvalue weighted by atomic mass is 16.5. The molecule has 4 nitrogen and oxygen atoms in total. The molecule has 1 amide bonds. The van der Waals surface area contributed by atoms with Gasteiger partial charge >= 0.3 is 0 Å². The highest BCUT2D eigenvalue weighted by Gasteiger charge is 2.12. The molecule has 0 aliphatic heterocycles. The van der Waals surface area contributed by atoms with Gasteiger partial charge in [0.25, 0.3) is 5.91 Å². The highest BCUT2D eigenvalue weighted by molar-refractivity contribution is 5.94. The van der Waals surface area contributed by atoms with Crippen molar-refractivity contribution in [2.75, 3.05) is 13.2 Å². The van der Waals surface area contributed by atoms with E-state index in [9.17, 15) is 4.79 Å². The number of rotatable bonds is 7. The van der Waals surface area contributed by atoms with E-state index in [4.69, 9.17) is 9.47 Å². The van der Waals surface area contributed by atoms with Crippen LogP contribution in [0.1, 0.15) is 35.3 Å². The summed E-state index contributed by atoms with van der Waals surface area (Å²) in [6.07, 6.45) is 0. The normalized spacial score (nSPS) is 11.7. The van der Waals surface area contributed by atoms with Crippen LogP contribution in [0.2, 0.25) is 0 Å². The first-order valence-corrected chi connectivity index (χ1v) is 8.24. The molecule has 0 aliphatic carbocycles. The number of amides is 1. The van der Waals surface area contributed by atoms with Crippen LogP contribution in [0.3, 0.4) is 0 Å². The Morgan fingerprint density at radius 3 is 2.42 bits per heavy atom. The molecule has 1 atom stereocenters. The van der Waals surface area contributed by atoms with Gasteiger partial charge in [-0.05, 0) is 63.1 Å². The molecule has 0 spiro atoms. The monoisotopic (exact) mass is 327 g/mol. The predicted molar refractivity (Wildman–Crippen MR) is 96.0 cm³/mol.